The number of primary amides is 1. The lowest BCUT2D eigenvalue weighted by Gasteiger charge is -2.21. The van der Waals surface area contributed by atoms with Gasteiger partial charge in [-0.05, 0) is 43.2 Å². The Bertz CT molecular complexity index is 881. The van der Waals surface area contributed by atoms with E-state index in [2.05, 4.69) is 40.4 Å². The van der Waals surface area contributed by atoms with Gasteiger partial charge in [0.05, 0.1) is 12.1 Å². The van der Waals surface area contributed by atoms with Crippen molar-refractivity contribution in [1.29, 1.82) is 0 Å². The van der Waals surface area contributed by atoms with Gasteiger partial charge >= 0.3 is 0 Å². The van der Waals surface area contributed by atoms with E-state index >= 15 is 0 Å². The molecule has 7 nitrogen and oxygen atoms in total. The summed E-state index contributed by atoms with van der Waals surface area (Å²) in [5.74, 6) is 0.719. The van der Waals surface area contributed by atoms with Gasteiger partial charge in [0.1, 0.15) is 5.56 Å². The van der Waals surface area contributed by atoms with Crippen LogP contribution in [0.1, 0.15) is 40.7 Å². The van der Waals surface area contributed by atoms with Crippen molar-refractivity contribution < 1.29 is 14.1 Å². The van der Waals surface area contributed by atoms with Crippen LogP contribution >= 0.6 is 0 Å². The van der Waals surface area contributed by atoms with E-state index in [0.717, 1.165) is 45.6 Å². The molecule has 2 atom stereocenters. The number of benzene rings is 1. The highest BCUT2D eigenvalue weighted by molar-refractivity contribution is 5.97. The van der Waals surface area contributed by atoms with Crippen LogP contribution in [0.3, 0.4) is 0 Å². The molecule has 2 aliphatic heterocycles. The molecule has 160 valence electrons. The number of fused-ring (bicyclic) bond motifs is 1. The van der Waals surface area contributed by atoms with E-state index in [1.54, 1.807) is 0 Å². The van der Waals surface area contributed by atoms with E-state index < -0.39 is 5.91 Å². The van der Waals surface area contributed by atoms with Crippen LogP contribution in [0.4, 0.5) is 0 Å². The first-order valence-electron chi connectivity index (χ1n) is 10.9. The summed E-state index contributed by atoms with van der Waals surface area (Å²) in [5.41, 5.74) is 7.75. The molecule has 2 saturated heterocycles. The largest absolute Gasteiger partial charge is 0.369 e. The fraction of sp³-hybridized carbons (Fsp3) is 0.522. The topological polar surface area (TPSA) is 92.7 Å². The van der Waals surface area contributed by atoms with Crippen molar-refractivity contribution in [3.63, 3.8) is 0 Å². The maximum absolute atomic E-state index is 13.2. The van der Waals surface area contributed by atoms with Gasteiger partial charge in [-0.1, -0.05) is 42.4 Å². The first kappa shape index (κ1) is 20.6. The molecule has 2 aromatic rings. The van der Waals surface area contributed by atoms with Crippen molar-refractivity contribution in [2.75, 3.05) is 32.7 Å². The molecule has 2 aliphatic rings. The maximum Gasteiger partial charge on any atom is 0.259 e. The van der Waals surface area contributed by atoms with Crippen LogP contribution in [0.25, 0.3) is 0 Å². The summed E-state index contributed by atoms with van der Waals surface area (Å²) >= 11 is 0. The minimum absolute atomic E-state index is 0.0747. The van der Waals surface area contributed by atoms with Crippen LogP contribution in [0.2, 0.25) is 0 Å². The Morgan fingerprint density at radius 2 is 1.83 bits per heavy atom. The van der Waals surface area contributed by atoms with Gasteiger partial charge < -0.3 is 20.1 Å². The molecule has 2 fully saturated rings. The standard InChI is InChI=1S/C23H30N4O3/c1-2-19-22(20(30-25-19)11-21(24)28)23(29)27-14-17-12-26(13-18(17)15-27)10-6-9-16-7-4-3-5-8-16/h3-5,7-8,17-18H,2,6,9-15H2,1H3,(H2,24,28)/t17-,18?/m0/s1. The molecule has 3 heterocycles. The summed E-state index contributed by atoms with van der Waals surface area (Å²) < 4.78 is 5.26. The first-order valence-corrected chi connectivity index (χ1v) is 10.9. The normalized spacial score (nSPS) is 21.2. The van der Waals surface area contributed by atoms with E-state index in [1.165, 1.54) is 5.56 Å². The molecule has 1 aromatic heterocycles. The van der Waals surface area contributed by atoms with Crippen molar-refractivity contribution in [1.82, 2.24) is 15.0 Å². The molecule has 0 bridgehead atoms. The van der Waals surface area contributed by atoms with Crippen LogP contribution < -0.4 is 5.73 Å². The van der Waals surface area contributed by atoms with E-state index in [-0.39, 0.29) is 12.3 Å². The number of nitrogens with two attached hydrogens (primary N) is 1. The molecule has 0 saturated carbocycles. The van der Waals surface area contributed by atoms with E-state index in [1.807, 2.05) is 11.8 Å². The second-order valence-corrected chi connectivity index (χ2v) is 8.50. The lowest BCUT2D eigenvalue weighted by atomic mass is 10.0. The minimum Gasteiger partial charge on any atom is -0.369 e. The predicted molar refractivity (Wildman–Crippen MR) is 113 cm³/mol. The number of aromatic nitrogens is 1. The number of amides is 2. The smallest absolute Gasteiger partial charge is 0.259 e. The Morgan fingerprint density at radius 1 is 1.13 bits per heavy atom. The number of likely N-dealkylation sites (tertiary alicyclic amines) is 2. The average Bonchev–Trinajstić information content (AvgIpc) is 3.41. The van der Waals surface area contributed by atoms with Gasteiger partial charge in [0.25, 0.3) is 5.91 Å². The number of rotatable bonds is 8. The molecule has 0 radical (unpaired) electrons. The number of carbonyl (C=O) groups is 2. The van der Waals surface area contributed by atoms with Crippen LogP contribution in [-0.4, -0.2) is 59.5 Å². The van der Waals surface area contributed by atoms with Gasteiger partial charge in [-0.3, -0.25) is 9.59 Å². The monoisotopic (exact) mass is 410 g/mol. The molecule has 4 rings (SSSR count). The average molecular weight is 411 g/mol. The van der Waals surface area contributed by atoms with Crippen LogP contribution in [0.15, 0.2) is 34.9 Å². The van der Waals surface area contributed by atoms with Crippen molar-refractivity contribution >= 4 is 11.8 Å². The Labute approximate surface area is 177 Å². The lowest BCUT2D eigenvalue weighted by molar-refractivity contribution is -0.117. The molecular weight excluding hydrogens is 380 g/mol. The third-order valence-corrected chi connectivity index (χ3v) is 6.35. The molecule has 0 spiro atoms. The summed E-state index contributed by atoms with van der Waals surface area (Å²) in [7, 11) is 0. The Hall–Kier alpha value is -2.67. The van der Waals surface area contributed by atoms with E-state index in [9.17, 15) is 9.59 Å². The quantitative estimate of drug-likeness (QED) is 0.718. The highest BCUT2D eigenvalue weighted by Gasteiger charge is 2.42. The van der Waals surface area contributed by atoms with Gasteiger partial charge in [-0.2, -0.15) is 0 Å². The number of hydrogen-bond acceptors (Lipinski definition) is 5. The van der Waals surface area contributed by atoms with Crippen molar-refractivity contribution in [3.05, 3.63) is 52.9 Å². The zero-order valence-corrected chi connectivity index (χ0v) is 17.5. The summed E-state index contributed by atoms with van der Waals surface area (Å²) in [5, 5.41) is 3.98. The van der Waals surface area contributed by atoms with Crippen LogP contribution in [-0.2, 0) is 24.1 Å². The number of carbonyl (C=O) groups excluding carboxylic acids is 2. The highest BCUT2D eigenvalue weighted by atomic mass is 16.5. The Morgan fingerprint density at radius 3 is 2.47 bits per heavy atom. The molecule has 30 heavy (non-hydrogen) atoms. The molecular formula is C23H30N4O3. The maximum atomic E-state index is 13.2. The third kappa shape index (κ3) is 4.41. The molecule has 7 heteroatoms. The second-order valence-electron chi connectivity index (χ2n) is 8.50. The van der Waals surface area contributed by atoms with Gasteiger partial charge in [0.15, 0.2) is 5.76 Å². The molecule has 0 aliphatic carbocycles. The second kappa shape index (κ2) is 9.00. The fourth-order valence-electron chi connectivity index (χ4n) is 4.87. The SMILES string of the molecule is CCc1noc(CC(N)=O)c1C(=O)N1CC2CN(CCCc3ccccc3)C[C@H]2C1. The summed E-state index contributed by atoms with van der Waals surface area (Å²) in [4.78, 5) is 29.0. The zero-order valence-electron chi connectivity index (χ0n) is 17.5. The van der Waals surface area contributed by atoms with Crippen molar-refractivity contribution in [3.8, 4) is 0 Å². The van der Waals surface area contributed by atoms with Crippen molar-refractivity contribution in [2.45, 2.75) is 32.6 Å². The van der Waals surface area contributed by atoms with Gasteiger partial charge in [0, 0.05) is 26.2 Å². The van der Waals surface area contributed by atoms with Gasteiger partial charge in [-0.25, -0.2) is 0 Å². The van der Waals surface area contributed by atoms with E-state index in [4.69, 9.17) is 10.3 Å². The summed E-state index contributed by atoms with van der Waals surface area (Å²) in [6.07, 6.45) is 2.75. The minimum atomic E-state index is -0.521. The summed E-state index contributed by atoms with van der Waals surface area (Å²) in [6, 6.07) is 10.6. The fourth-order valence-corrected chi connectivity index (χ4v) is 4.87. The van der Waals surface area contributed by atoms with Gasteiger partial charge in [-0.15, -0.1) is 0 Å². The highest BCUT2D eigenvalue weighted by Crippen LogP contribution is 2.33. The third-order valence-electron chi connectivity index (χ3n) is 6.35. The Balaban J connectivity index is 1.31. The van der Waals surface area contributed by atoms with Crippen LogP contribution in [0, 0.1) is 11.8 Å². The van der Waals surface area contributed by atoms with Crippen LogP contribution in [0.5, 0.6) is 0 Å². The predicted octanol–water partition coefficient (Wildman–Crippen LogP) is 1.90. The molecule has 2 amide bonds. The first-order chi connectivity index (χ1) is 14.5. The van der Waals surface area contributed by atoms with Gasteiger partial charge in [0.2, 0.25) is 5.91 Å². The number of hydrogen-bond donors (Lipinski definition) is 1. The van der Waals surface area contributed by atoms with Crippen molar-refractivity contribution in [2.24, 2.45) is 17.6 Å². The molecule has 1 unspecified atom stereocenters. The van der Waals surface area contributed by atoms with E-state index in [0.29, 0.717) is 35.3 Å². The lowest BCUT2D eigenvalue weighted by Crippen LogP contribution is -2.34. The Kier molecular flexibility index (Phi) is 6.18. The summed E-state index contributed by atoms with van der Waals surface area (Å²) in [6.45, 7) is 6.62. The molecule has 2 N–H and O–H groups in total. The number of nitrogens with zero attached hydrogens (tertiary/aromatic N) is 3. The molecule has 1 aromatic carbocycles. The number of aryl methyl sites for hydroxylation is 2. The zero-order chi connectivity index (χ0) is 21.1.